The Morgan fingerprint density at radius 2 is 2.11 bits per heavy atom. The number of rotatable bonds is 6. The predicted octanol–water partition coefficient (Wildman–Crippen LogP) is 2.05. The van der Waals surface area contributed by atoms with Crippen molar-refractivity contribution >= 4 is 39.2 Å². The molecule has 1 heterocycles. The molecule has 0 aromatic heterocycles. The van der Waals surface area contributed by atoms with E-state index < -0.39 is 56.7 Å². The number of anilines is 1. The van der Waals surface area contributed by atoms with Crippen LogP contribution in [0.2, 0.25) is 0 Å². The van der Waals surface area contributed by atoms with Gasteiger partial charge in [0, 0.05) is 17.1 Å². The molecule has 1 aromatic rings. The number of nitrogens with zero attached hydrogens (tertiary/aromatic N) is 2. The first-order valence-corrected chi connectivity index (χ1v) is 8.34. The lowest BCUT2D eigenvalue weighted by molar-refractivity contribution is -0.384. The molecule has 0 bridgehead atoms. The van der Waals surface area contributed by atoms with E-state index in [9.17, 15) is 32.9 Å². The van der Waals surface area contributed by atoms with E-state index in [1.807, 2.05) is 0 Å². The minimum atomic E-state index is -5.01. The molecule has 1 aliphatic rings. The van der Waals surface area contributed by atoms with Gasteiger partial charge in [-0.15, -0.1) is 0 Å². The summed E-state index contributed by atoms with van der Waals surface area (Å²) in [5.41, 5.74) is -4.26. The number of amides is 1. The molecule has 13 heteroatoms. The fourth-order valence-electron chi connectivity index (χ4n) is 2.60. The van der Waals surface area contributed by atoms with Gasteiger partial charge in [-0.3, -0.25) is 14.9 Å². The Hall–Kier alpha value is -2.67. The molecular weight excluding hydrogens is 455 g/mol. The summed E-state index contributed by atoms with van der Waals surface area (Å²) < 4.78 is 44.6. The third-order valence-electron chi connectivity index (χ3n) is 3.82. The summed E-state index contributed by atoms with van der Waals surface area (Å²) >= 11 is 2.71. The number of alkyl halides is 3. The average Bonchev–Trinajstić information content (AvgIpc) is 2.89. The highest BCUT2D eigenvalue weighted by molar-refractivity contribution is 9.10. The highest BCUT2D eigenvalue weighted by Gasteiger charge is 2.42. The van der Waals surface area contributed by atoms with Gasteiger partial charge in [-0.2, -0.15) is 13.2 Å². The van der Waals surface area contributed by atoms with Crippen molar-refractivity contribution in [1.82, 2.24) is 4.90 Å². The van der Waals surface area contributed by atoms with Gasteiger partial charge >= 0.3 is 12.1 Å². The molecule has 0 saturated carbocycles. The fraction of sp³-hybridized carbons (Fsp3) is 0.333. The second-order valence-corrected chi connectivity index (χ2v) is 6.35. The van der Waals surface area contributed by atoms with Crippen LogP contribution in [-0.2, 0) is 20.5 Å². The standard InChI is InChI=1S/C15H13BrF3N3O6/c1-28-14(25)7-6-21(4-5-23)13(24)11(7)20-12-9(22(26)27)3-2-8(16)10(12)15(17,18)19/h2-3,20,23H,4-6H2,1H3. The van der Waals surface area contributed by atoms with Crippen LogP contribution in [0, 0.1) is 10.1 Å². The molecule has 9 nitrogen and oxygen atoms in total. The molecule has 28 heavy (non-hydrogen) atoms. The molecule has 0 radical (unpaired) electrons. The van der Waals surface area contributed by atoms with E-state index in [0.29, 0.717) is 0 Å². The van der Waals surface area contributed by atoms with Gasteiger partial charge in [0.05, 0.1) is 30.8 Å². The maximum Gasteiger partial charge on any atom is 0.419 e. The molecule has 0 saturated heterocycles. The molecule has 0 aliphatic carbocycles. The summed E-state index contributed by atoms with van der Waals surface area (Å²) in [4.78, 5) is 35.6. The molecule has 1 aliphatic heterocycles. The molecule has 2 N–H and O–H groups in total. The number of β-amino-alcohol motifs (C(OH)–C–C–N with tert-alkyl or cyclic N) is 1. The van der Waals surface area contributed by atoms with Gasteiger partial charge in [0.1, 0.15) is 16.9 Å². The maximum atomic E-state index is 13.5. The molecule has 152 valence electrons. The molecule has 1 amide bonds. The number of benzene rings is 1. The molecule has 0 atom stereocenters. The van der Waals surface area contributed by atoms with E-state index in [1.54, 1.807) is 0 Å². The number of nitro benzene ring substituents is 1. The average molecular weight is 468 g/mol. The SMILES string of the molecule is COC(=O)C1=C(Nc2c([N+](=O)[O-])ccc(Br)c2C(F)(F)F)C(=O)N(CCO)C1. The number of hydrogen-bond acceptors (Lipinski definition) is 7. The van der Waals surface area contributed by atoms with Crippen molar-refractivity contribution in [2.45, 2.75) is 6.18 Å². The van der Waals surface area contributed by atoms with Crippen molar-refractivity contribution in [3.63, 3.8) is 0 Å². The summed E-state index contributed by atoms with van der Waals surface area (Å²) in [6.07, 6.45) is -5.01. The number of aliphatic hydroxyl groups is 1. The Labute approximate surface area is 164 Å². The first kappa shape index (κ1) is 21.6. The summed E-state index contributed by atoms with van der Waals surface area (Å²) in [7, 11) is 1.01. The largest absolute Gasteiger partial charge is 0.466 e. The number of ether oxygens (including phenoxy) is 1. The smallest absolute Gasteiger partial charge is 0.419 e. The van der Waals surface area contributed by atoms with Crippen LogP contribution in [0.1, 0.15) is 5.56 Å². The van der Waals surface area contributed by atoms with Crippen molar-refractivity contribution in [3.05, 3.63) is 43.6 Å². The van der Waals surface area contributed by atoms with Crippen molar-refractivity contribution in [3.8, 4) is 0 Å². The molecule has 0 unspecified atom stereocenters. The molecular formula is C15H13BrF3N3O6. The summed E-state index contributed by atoms with van der Waals surface area (Å²) in [6.45, 7) is -0.993. The lowest BCUT2D eigenvalue weighted by atomic mass is 10.1. The number of halogens is 4. The molecule has 0 spiro atoms. The lowest BCUT2D eigenvalue weighted by Gasteiger charge is -2.18. The predicted molar refractivity (Wildman–Crippen MR) is 92.1 cm³/mol. The number of carbonyl (C=O) groups is 2. The summed E-state index contributed by atoms with van der Waals surface area (Å²) in [5.74, 6) is -1.90. The van der Waals surface area contributed by atoms with Gasteiger partial charge in [0.2, 0.25) is 0 Å². The van der Waals surface area contributed by atoms with E-state index in [2.05, 4.69) is 26.0 Å². The topological polar surface area (TPSA) is 122 Å². The number of hydrogen-bond donors (Lipinski definition) is 2. The highest BCUT2D eigenvalue weighted by atomic mass is 79.9. The highest BCUT2D eigenvalue weighted by Crippen LogP contribution is 2.45. The van der Waals surface area contributed by atoms with Crippen LogP contribution < -0.4 is 5.32 Å². The Bertz CT molecular complexity index is 871. The van der Waals surface area contributed by atoms with Crippen molar-refractivity contribution in [2.75, 3.05) is 32.1 Å². The normalized spacial score (nSPS) is 14.5. The Balaban J connectivity index is 2.67. The maximum absolute atomic E-state index is 13.5. The Morgan fingerprint density at radius 3 is 2.61 bits per heavy atom. The van der Waals surface area contributed by atoms with Crippen molar-refractivity contribution in [2.24, 2.45) is 0 Å². The van der Waals surface area contributed by atoms with Crippen LogP contribution in [0.4, 0.5) is 24.5 Å². The van der Waals surface area contributed by atoms with Crippen LogP contribution in [-0.4, -0.2) is 53.6 Å². The fourth-order valence-corrected chi connectivity index (χ4v) is 3.15. The van der Waals surface area contributed by atoms with Gasteiger partial charge in [-0.25, -0.2) is 4.79 Å². The van der Waals surface area contributed by atoms with Crippen molar-refractivity contribution < 1.29 is 37.5 Å². The molecule has 1 aromatic carbocycles. The van der Waals surface area contributed by atoms with E-state index >= 15 is 0 Å². The van der Waals surface area contributed by atoms with Gasteiger partial charge in [-0.1, -0.05) is 15.9 Å². The van der Waals surface area contributed by atoms with Gasteiger partial charge in [0.25, 0.3) is 11.6 Å². The monoisotopic (exact) mass is 467 g/mol. The number of carbonyl (C=O) groups excluding carboxylic acids is 2. The minimum absolute atomic E-state index is 0.197. The first-order valence-electron chi connectivity index (χ1n) is 7.55. The van der Waals surface area contributed by atoms with Gasteiger partial charge < -0.3 is 20.1 Å². The Morgan fingerprint density at radius 1 is 1.46 bits per heavy atom. The number of nitrogens with one attached hydrogen (secondary N) is 1. The first-order chi connectivity index (χ1) is 13.0. The van der Waals surface area contributed by atoms with Crippen LogP contribution >= 0.6 is 15.9 Å². The van der Waals surface area contributed by atoms with Crippen LogP contribution in [0.3, 0.4) is 0 Å². The zero-order valence-electron chi connectivity index (χ0n) is 14.2. The van der Waals surface area contributed by atoms with Crippen LogP contribution in [0.5, 0.6) is 0 Å². The van der Waals surface area contributed by atoms with Gasteiger partial charge in [-0.05, 0) is 6.07 Å². The zero-order valence-corrected chi connectivity index (χ0v) is 15.8. The summed E-state index contributed by atoms with van der Waals surface area (Å²) in [6, 6.07) is 1.68. The quantitative estimate of drug-likeness (QED) is 0.372. The number of aliphatic hydroxyl groups excluding tert-OH is 1. The number of esters is 1. The van der Waals surface area contributed by atoms with E-state index in [4.69, 9.17) is 5.11 Å². The lowest BCUT2D eigenvalue weighted by Crippen LogP contribution is -2.31. The second kappa shape index (κ2) is 8.14. The molecule has 2 rings (SSSR count). The molecule has 0 fully saturated rings. The summed E-state index contributed by atoms with van der Waals surface area (Å²) in [5, 5.41) is 22.4. The van der Waals surface area contributed by atoms with E-state index in [-0.39, 0.29) is 18.7 Å². The minimum Gasteiger partial charge on any atom is -0.466 e. The van der Waals surface area contributed by atoms with E-state index in [0.717, 1.165) is 24.1 Å². The number of methoxy groups -OCH3 is 1. The number of nitro groups is 1. The Kier molecular flexibility index (Phi) is 6.29. The van der Waals surface area contributed by atoms with Crippen LogP contribution in [0.15, 0.2) is 27.9 Å². The van der Waals surface area contributed by atoms with Crippen molar-refractivity contribution in [1.29, 1.82) is 0 Å². The van der Waals surface area contributed by atoms with Crippen LogP contribution in [0.25, 0.3) is 0 Å². The van der Waals surface area contributed by atoms with E-state index in [1.165, 1.54) is 0 Å². The second-order valence-electron chi connectivity index (χ2n) is 5.49. The third kappa shape index (κ3) is 4.09. The van der Waals surface area contributed by atoms with Gasteiger partial charge in [0.15, 0.2) is 0 Å². The third-order valence-corrected chi connectivity index (χ3v) is 4.48. The zero-order chi connectivity index (χ0) is 21.2.